The molecule has 2 aliphatic rings. The van der Waals surface area contributed by atoms with Gasteiger partial charge in [0, 0.05) is 12.8 Å². The minimum atomic E-state index is -1.55. The van der Waals surface area contributed by atoms with E-state index in [0.29, 0.717) is 37.5 Å². The van der Waals surface area contributed by atoms with Gasteiger partial charge >= 0.3 is 5.97 Å². The maximum absolute atomic E-state index is 12.2. The third-order valence-electron chi connectivity index (χ3n) is 6.05. The highest BCUT2D eigenvalue weighted by atomic mass is 16.6. The number of nitrogens with one attached hydrogen (secondary N) is 2. The van der Waals surface area contributed by atoms with Crippen LogP contribution in [-0.4, -0.2) is 54.0 Å². The van der Waals surface area contributed by atoms with E-state index in [1.54, 1.807) is 0 Å². The van der Waals surface area contributed by atoms with Crippen molar-refractivity contribution in [2.45, 2.75) is 64.0 Å². The second kappa shape index (κ2) is 10.6. The molecule has 0 bridgehead atoms. The predicted octanol–water partition coefficient (Wildman–Crippen LogP) is 2.71. The molecule has 8 heteroatoms. The van der Waals surface area contributed by atoms with Crippen LogP contribution in [0.4, 0.5) is 0 Å². The minimum absolute atomic E-state index is 0.290. The molecule has 1 saturated heterocycles. The highest BCUT2D eigenvalue weighted by Crippen LogP contribution is 2.27. The lowest BCUT2D eigenvalue weighted by Gasteiger charge is -2.30. The van der Waals surface area contributed by atoms with Crippen molar-refractivity contribution in [3.63, 3.8) is 0 Å². The molecule has 1 aromatic rings. The minimum Gasteiger partial charge on any atom is -0.493 e. The second-order valence-corrected chi connectivity index (χ2v) is 8.52. The number of carbonyl (C=O) groups is 2. The van der Waals surface area contributed by atoms with E-state index in [2.05, 4.69) is 15.8 Å². The van der Waals surface area contributed by atoms with Gasteiger partial charge in [-0.05, 0) is 75.0 Å². The number of rotatable bonds is 10. The number of amides is 1. The summed E-state index contributed by atoms with van der Waals surface area (Å²) in [5.41, 5.74) is -0.0412. The Bertz CT molecular complexity index is 789. The van der Waals surface area contributed by atoms with Crippen LogP contribution in [0.1, 0.15) is 57.9 Å². The first kappa shape index (κ1) is 23.1. The number of carboxylic acid groups (broad SMARTS) is 1. The van der Waals surface area contributed by atoms with Gasteiger partial charge in [-0.3, -0.25) is 4.79 Å². The molecule has 2 atom stereocenters. The van der Waals surface area contributed by atoms with Gasteiger partial charge < -0.3 is 25.3 Å². The first-order valence-electron chi connectivity index (χ1n) is 11.1. The average molecular weight is 432 g/mol. The van der Waals surface area contributed by atoms with Gasteiger partial charge in [0.25, 0.3) is 0 Å². The van der Waals surface area contributed by atoms with E-state index in [1.165, 1.54) is 6.92 Å². The molecule has 0 spiro atoms. The Morgan fingerprint density at radius 3 is 2.65 bits per heavy atom. The lowest BCUT2D eigenvalue weighted by atomic mass is 9.89. The van der Waals surface area contributed by atoms with E-state index in [1.807, 2.05) is 31.2 Å². The topological polar surface area (TPSA) is 109 Å². The molecule has 8 nitrogen and oxygen atoms in total. The summed E-state index contributed by atoms with van der Waals surface area (Å²) in [6.45, 7) is 6.25. The lowest BCUT2D eigenvalue weighted by molar-refractivity contribution is -0.153. The van der Waals surface area contributed by atoms with Crippen molar-refractivity contribution in [2.24, 2.45) is 11.1 Å². The van der Waals surface area contributed by atoms with E-state index in [4.69, 9.17) is 9.57 Å². The SMILES string of the molecule is CCCCC(=O)N[C@@](C)(C(=O)O)[C@@H]1CC(c2ccc(OCC3CCNCC3)cc2)=NO1. The molecular weight excluding hydrogens is 398 g/mol. The number of aliphatic carboxylic acids is 1. The Kier molecular flexibility index (Phi) is 7.90. The maximum atomic E-state index is 12.2. The Balaban J connectivity index is 1.57. The summed E-state index contributed by atoms with van der Waals surface area (Å²) in [5.74, 6) is -0.0491. The Hall–Kier alpha value is -2.61. The molecule has 0 unspecified atom stereocenters. The highest BCUT2D eigenvalue weighted by molar-refractivity contribution is 6.02. The van der Waals surface area contributed by atoms with Crippen LogP contribution in [-0.2, 0) is 14.4 Å². The molecule has 3 N–H and O–H groups in total. The van der Waals surface area contributed by atoms with Gasteiger partial charge in [-0.15, -0.1) is 0 Å². The largest absolute Gasteiger partial charge is 0.493 e. The summed E-state index contributed by atoms with van der Waals surface area (Å²) in [6, 6.07) is 7.60. The van der Waals surface area contributed by atoms with Crippen LogP contribution >= 0.6 is 0 Å². The van der Waals surface area contributed by atoms with Gasteiger partial charge in [0.05, 0.1) is 12.3 Å². The third kappa shape index (κ3) is 5.97. The van der Waals surface area contributed by atoms with Gasteiger partial charge in [-0.2, -0.15) is 0 Å². The zero-order chi connectivity index (χ0) is 22.3. The fourth-order valence-corrected chi connectivity index (χ4v) is 3.82. The summed E-state index contributed by atoms with van der Waals surface area (Å²) >= 11 is 0. The molecule has 1 aromatic carbocycles. The molecule has 2 heterocycles. The van der Waals surface area contributed by atoms with E-state index in [9.17, 15) is 14.7 Å². The second-order valence-electron chi connectivity index (χ2n) is 8.52. The van der Waals surface area contributed by atoms with E-state index < -0.39 is 17.6 Å². The van der Waals surface area contributed by atoms with Gasteiger partial charge in [0.2, 0.25) is 5.91 Å². The number of nitrogens with zero attached hydrogens (tertiary/aromatic N) is 1. The average Bonchev–Trinajstić information content (AvgIpc) is 3.28. The van der Waals surface area contributed by atoms with E-state index in [-0.39, 0.29) is 5.91 Å². The lowest BCUT2D eigenvalue weighted by Crippen LogP contribution is -2.60. The van der Waals surface area contributed by atoms with E-state index in [0.717, 1.165) is 43.7 Å². The molecule has 0 aliphatic carbocycles. The van der Waals surface area contributed by atoms with Crippen LogP contribution < -0.4 is 15.4 Å². The molecule has 0 aromatic heterocycles. The number of unbranched alkanes of at least 4 members (excludes halogenated alkanes) is 1. The molecule has 1 amide bonds. The Morgan fingerprint density at radius 2 is 2.00 bits per heavy atom. The number of piperidine rings is 1. The number of carbonyl (C=O) groups excluding carboxylic acids is 1. The zero-order valence-corrected chi connectivity index (χ0v) is 18.4. The van der Waals surface area contributed by atoms with Crippen LogP contribution in [0, 0.1) is 5.92 Å². The molecule has 31 heavy (non-hydrogen) atoms. The monoisotopic (exact) mass is 431 g/mol. The van der Waals surface area contributed by atoms with Gasteiger partial charge in [0.15, 0.2) is 11.6 Å². The molecule has 170 valence electrons. The summed E-state index contributed by atoms with van der Waals surface area (Å²) in [4.78, 5) is 29.6. The summed E-state index contributed by atoms with van der Waals surface area (Å²) in [6.07, 6.45) is 3.64. The van der Waals surface area contributed by atoms with Crippen molar-refractivity contribution in [3.8, 4) is 5.75 Å². The Labute approximate surface area is 183 Å². The summed E-state index contributed by atoms with van der Waals surface area (Å²) in [5, 5.41) is 19.9. The predicted molar refractivity (Wildman–Crippen MR) is 117 cm³/mol. The number of carboxylic acids is 1. The maximum Gasteiger partial charge on any atom is 0.333 e. The number of hydrogen-bond acceptors (Lipinski definition) is 6. The molecule has 1 fully saturated rings. The van der Waals surface area contributed by atoms with Crippen molar-refractivity contribution in [2.75, 3.05) is 19.7 Å². The molecule has 0 saturated carbocycles. The normalized spacial score (nSPS) is 21.0. The number of ether oxygens (including phenoxy) is 1. The van der Waals surface area contributed by atoms with Crippen molar-refractivity contribution >= 4 is 17.6 Å². The van der Waals surface area contributed by atoms with Crippen LogP contribution in [0.3, 0.4) is 0 Å². The van der Waals surface area contributed by atoms with Gasteiger partial charge in [0.1, 0.15) is 5.75 Å². The standard InChI is InChI=1S/C23H33N3O5/c1-3-4-5-21(27)25-23(2,22(28)29)20-14-19(26-31-20)17-6-8-18(9-7-17)30-15-16-10-12-24-13-11-16/h6-9,16,20,24H,3-5,10-15H2,1-2H3,(H,25,27)(H,28,29)/t20-,23+/m0/s1. The zero-order valence-electron chi connectivity index (χ0n) is 18.4. The number of oxime groups is 1. The van der Waals surface area contributed by atoms with Crippen molar-refractivity contribution < 1.29 is 24.3 Å². The molecular formula is C23H33N3O5. The van der Waals surface area contributed by atoms with Crippen LogP contribution in [0.15, 0.2) is 29.4 Å². The molecule has 0 radical (unpaired) electrons. The highest BCUT2D eigenvalue weighted by Gasteiger charge is 2.47. The summed E-state index contributed by atoms with van der Waals surface area (Å²) < 4.78 is 5.92. The van der Waals surface area contributed by atoms with Crippen molar-refractivity contribution in [3.05, 3.63) is 29.8 Å². The number of hydrogen-bond donors (Lipinski definition) is 3. The van der Waals surface area contributed by atoms with Gasteiger partial charge in [-0.25, -0.2) is 4.79 Å². The Morgan fingerprint density at radius 1 is 1.29 bits per heavy atom. The smallest absolute Gasteiger partial charge is 0.333 e. The quantitative estimate of drug-likeness (QED) is 0.526. The van der Waals surface area contributed by atoms with Crippen LogP contribution in [0.2, 0.25) is 0 Å². The van der Waals surface area contributed by atoms with E-state index >= 15 is 0 Å². The fraction of sp³-hybridized carbons (Fsp3) is 0.609. The molecule has 2 aliphatic heterocycles. The van der Waals surface area contributed by atoms with Crippen LogP contribution in [0.5, 0.6) is 5.75 Å². The van der Waals surface area contributed by atoms with Crippen molar-refractivity contribution in [1.29, 1.82) is 0 Å². The third-order valence-corrected chi connectivity index (χ3v) is 6.05. The van der Waals surface area contributed by atoms with Crippen LogP contribution in [0.25, 0.3) is 0 Å². The summed E-state index contributed by atoms with van der Waals surface area (Å²) in [7, 11) is 0. The fourth-order valence-electron chi connectivity index (χ4n) is 3.82. The first-order chi connectivity index (χ1) is 14.9. The first-order valence-corrected chi connectivity index (χ1v) is 11.1. The number of benzene rings is 1. The van der Waals surface area contributed by atoms with Crippen molar-refractivity contribution in [1.82, 2.24) is 10.6 Å². The molecule has 3 rings (SSSR count). The van der Waals surface area contributed by atoms with Gasteiger partial charge in [-0.1, -0.05) is 18.5 Å².